The van der Waals surface area contributed by atoms with Gasteiger partial charge in [0.1, 0.15) is 11.1 Å². The van der Waals surface area contributed by atoms with Crippen molar-refractivity contribution in [2.75, 3.05) is 11.9 Å². The first-order chi connectivity index (χ1) is 13.2. The molecule has 1 aliphatic heterocycles. The highest BCUT2D eigenvalue weighted by Crippen LogP contribution is 2.38. The molecule has 1 aliphatic carbocycles. The molecule has 2 aliphatic rings. The van der Waals surface area contributed by atoms with Gasteiger partial charge in [-0.1, -0.05) is 12.5 Å². The number of thiophene rings is 2. The number of fused-ring (bicyclic) bond motifs is 1. The van der Waals surface area contributed by atoms with Crippen molar-refractivity contribution in [2.24, 2.45) is 0 Å². The quantitative estimate of drug-likeness (QED) is 0.727. The second-order valence-electron chi connectivity index (χ2n) is 7.46. The second kappa shape index (κ2) is 8.14. The standard InChI is InChI=1S/C21H25N3OS2/c1-14(24-11-5-8-17(24)19-10-6-12-26-19)20(25)23-21-16(13-22)15-7-3-2-4-9-18(15)27-21/h6,10,12,14,17H,2-5,7-9,11H2,1H3,(H,23,25)/t14-,17+/m1/s1. The zero-order valence-corrected chi connectivity index (χ0v) is 17.3. The Labute approximate surface area is 168 Å². The molecule has 1 fully saturated rings. The molecule has 3 heterocycles. The third-order valence-corrected chi connectivity index (χ3v) is 7.99. The molecule has 0 saturated carbocycles. The van der Waals surface area contributed by atoms with E-state index in [0.29, 0.717) is 11.6 Å². The number of aryl methyl sites for hydroxylation is 1. The minimum absolute atomic E-state index is 0.00589. The number of likely N-dealkylation sites (tertiary alicyclic amines) is 1. The Morgan fingerprint density at radius 2 is 2.19 bits per heavy atom. The van der Waals surface area contributed by atoms with Gasteiger partial charge in [0, 0.05) is 15.8 Å². The van der Waals surface area contributed by atoms with Crippen LogP contribution in [0.4, 0.5) is 5.00 Å². The molecule has 0 aromatic carbocycles. The molecule has 1 saturated heterocycles. The summed E-state index contributed by atoms with van der Waals surface area (Å²) in [6.45, 7) is 2.94. The number of amides is 1. The zero-order chi connectivity index (χ0) is 18.8. The van der Waals surface area contributed by atoms with Crippen molar-refractivity contribution >= 4 is 33.6 Å². The normalized spacial score (nSPS) is 21.3. The lowest BCUT2D eigenvalue weighted by Crippen LogP contribution is -2.41. The predicted molar refractivity (Wildman–Crippen MR) is 111 cm³/mol. The molecule has 2 aromatic rings. The summed E-state index contributed by atoms with van der Waals surface area (Å²) in [6.07, 6.45) is 7.77. The monoisotopic (exact) mass is 399 g/mol. The van der Waals surface area contributed by atoms with Crippen LogP contribution in [0.1, 0.15) is 66.0 Å². The van der Waals surface area contributed by atoms with Gasteiger partial charge in [-0.05, 0) is 69.0 Å². The number of anilines is 1. The van der Waals surface area contributed by atoms with E-state index in [9.17, 15) is 10.1 Å². The van der Waals surface area contributed by atoms with Gasteiger partial charge in [0.2, 0.25) is 5.91 Å². The zero-order valence-electron chi connectivity index (χ0n) is 15.7. The summed E-state index contributed by atoms with van der Waals surface area (Å²) in [5, 5.41) is 15.6. The highest BCUT2D eigenvalue weighted by atomic mass is 32.1. The van der Waals surface area contributed by atoms with Gasteiger partial charge in [0.15, 0.2) is 0 Å². The molecule has 4 nitrogen and oxygen atoms in total. The summed E-state index contributed by atoms with van der Waals surface area (Å²) < 4.78 is 0. The summed E-state index contributed by atoms with van der Waals surface area (Å²) >= 11 is 3.38. The van der Waals surface area contributed by atoms with Gasteiger partial charge < -0.3 is 5.32 Å². The lowest BCUT2D eigenvalue weighted by Gasteiger charge is -2.29. The Morgan fingerprint density at radius 3 is 2.96 bits per heavy atom. The van der Waals surface area contributed by atoms with E-state index in [1.165, 1.54) is 28.2 Å². The van der Waals surface area contributed by atoms with Crippen LogP contribution in [0.5, 0.6) is 0 Å². The van der Waals surface area contributed by atoms with Crippen molar-refractivity contribution in [1.82, 2.24) is 4.90 Å². The minimum Gasteiger partial charge on any atom is -0.315 e. The molecule has 1 N–H and O–H groups in total. The maximum atomic E-state index is 13.0. The van der Waals surface area contributed by atoms with Gasteiger partial charge in [0.05, 0.1) is 11.6 Å². The fourth-order valence-corrected chi connectivity index (χ4v) is 6.48. The van der Waals surface area contributed by atoms with E-state index in [2.05, 4.69) is 33.8 Å². The summed E-state index contributed by atoms with van der Waals surface area (Å²) in [5.41, 5.74) is 1.88. The number of rotatable bonds is 4. The SMILES string of the molecule is C[C@H](C(=O)Nc1sc2c(c1C#N)CCCCC2)N1CCC[C@H]1c1cccs1. The number of hydrogen-bond acceptors (Lipinski definition) is 5. The molecule has 27 heavy (non-hydrogen) atoms. The van der Waals surface area contributed by atoms with Crippen LogP contribution in [0.15, 0.2) is 17.5 Å². The second-order valence-corrected chi connectivity index (χ2v) is 9.54. The molecule has 2 atom stereocenters. The van der Waals surface area contributed by atoms with E-state index in [4.69, 9.17) is 0 Å². The maximum absolute atomic E-state index is 13.0. The fraction of sp³-hybridized carbons (Fsp3) is 0.524. The van der Waals surface area contributed by atoms with E-state index in [-0.39, 0.29) is 11.9 Å². The summed E-state index contributed by atoms with van der Waals surface area (Å²) in [6, 6.07) is 6.75. The first-order valence-corrected chi connectivity index (χ1v) is 11.5. The third kappa shape index (κ3) is 3.69. The van der Waals surface area contributed by atoms with E-state index in [0.717, 1.165) is 43.6 Å². The van der Waals surface area contributed by atoms with E-state index >= 15 is 0 Å². The summed E-state index contributed by atoms with van der Waals surface area (Å²) in [7, 11) is 0. The Hall–Kier alpha value is -1.68. The number of carbonyl (C=O) groups excluding carboxylic acids is 1. The van der Waals surface area contributed by atoms with Crippen molar-refractivity contribution in [1.29, 1.82) is 5.26 Å². The maximum Gasteiger partial charge on any atom is 0.242 e. The van der Waals surface area contributed by atoms with Gasteiger partial charge in [-0.15, -0.1) is 22.7 Å². The molecule has 0 unspecified atom stereocenters. The number of nitrogens with one attached hydrogen (secondary N) is 1. The van der Waals surface area contributed by atoms with Crippen LogP contribution in [-0.2, 0) is 17.6 Å². The van der Waals surface area contributed by atoms with Gasteiger partial charge in [-0.25, -0.2) is 0 Å². The van der Waals surface area contributed by atoms with Crippen molar-refractivity contribution in [3.63, 3.8) is 0 Å². The lowest BCUT2D eigenvalue weighted by atomic mass is 10.1. The molecule has 2 aromatic heterocycles. The predicted octanol–water partition coefficient (Wildman–Crippen LogP) is 5.11. The summed E-state index contributed by atoms with van der Waals surface area (Å²) in [5.74, 6) is 0.00589. The molecular weight excluding hydrogens is 374 g/mol. The van der Waals surface area contributed by atoms with E-state index in [1.807, 2.05) is 6.92 Å². The third-order valence-electron chi connectivity index (χ3n) is 5.81. The Morgan fingerprint density at radius 1 is 1.33 bits per heavy atom. The molecule has 1 amide bonds. The first kappa shape index (κ1) is 18.7. The van der Waals surface area contributed by atoms with E-state index < -0.39 is 0 Å². The molecule has 6 heteroatoms. The Balaban J connectivity index is 1.51. The van der Waals surface area contributed by atoms with Crippen molar-refractivity contribution in [3.05, 3.63) is 38.4 Å². The highest BCUT2D eigenvalue weighted by molar-refractivity contribution is 7.16. The number of nitriles is 1. The van der Waals surface area contributed by atoms with Crippen LogP contribution >= 0.6 is 22.7 Å². The molecule has 0 spiro atoms. The fourth-order valence-electron chi connectivity index (χ4n) is 4.35. The molecule has 0 bridgehead atoms. The molecule has 0 radical (unpaired) electrons. The average Bonchev–Trinajstić information content (AvgIpc) is 3.38. The van der Waals surface area contributed by atoms with Gasteiger partial charge in [0.25, 0.3) is 0 Å². The van der Waals surface area contributed by atoms with Crippen LogP contribution < -0.4 is 5.32 Å². The lowest BCUT2D eigenvalue weighted by molar-refractivity contribution is -0.121. The summed E-state index contributed by atoms with van der Waals surface area (Å²) in [4.78, 5) is 18.0. The van der Waals surface area contributed by atoms with Crippen LogP contribution in [-0.4, -0.2) is 23.4 Å². The van der Waals surface area contributed by atoms with Crippen LogP contribution in [0.25, 0.3) is 0 Å². The number of carbonyl (C=O) groups is 1. The van der Waals surface area contributed by atoms with Crippen molar-refractivity contribution in [3.8, 4) is 6.07 Å². The Kier molecular flexibility index (Phi) is 5.63. The van der Waals surface area contributed by atoms with Crippen LogP contribution in [0.2, 0.25) is 0 Å². The molecule has 4 rings (SSSR count). The van der Waals surface area contributed by atoms with Crippen LogP contribution in [0, 0.1) is 11.3 Å². The van der Waals surface area contributed by atoms with Crippen LogP contribution in [0.3, 0.4) is 0 Å². The molecule has 142 valence electrons. The Bertz CT molecular complexity index is 850. The number of hydrogen-bond donors (Lipinski definition) is 1. The van der Waals surface area contributed by atoms with E-state index in [1.54, 1.807) is 22.7 Å². The topological polar surface area (TPSA) is 56.1 Å². The molecular formula is C21H25N3OS2. The highest BCUT2D eigenvalue weighted by Gasteiger charge is 2.34. The van der Waals surface area contributed by atoms with Gasteiger partial charge >= 0.3 is 0 Å². The number of nitrogens with zero attached hydrogens (tertiary/aromatic N) is 2. The first-order valence-electron chi connectivity index (χ1n) is 9.83. The van der Waals surface area contributed by atoms with Gasteiger partial charge in [-0.2, -0.15) is 5.26 Å². The van der Waals surface area contributed by atoms with Gasteiger partial charge in [-0.3, -0.25) is 9.69 Å². The van der Waals surface area contributed by atoms with Crippen molar-refractivity contribution in [2.45, 2.75) is 64.0 Å². The minimum atomic E-state index is -0.201. The smallest absolute Gasteiger partial charge is 0.242 e. The largest absolute Gasteiger partial charge is 0.315 e. The average molecular weight is 400 g/mol. The van der Waals surface area contributed by atoms with Crippen molar-refractivity contribution < 1.29 is 4.79 Å².